The third kappa shape index (κ3) is 5.74. The Labute approximate surface area is 192 Å². The summed E-state index contributed by atoms with van der Waals surface area (Å²) in [6.45, 7) is 7.11. The van der Waals surface area contributed by atoms with Crippen LogP contribution in [0.3, 0.4) is 0 Å². The summed E-state index contributed by atoms with van der Waals surface area (Å²) in [7, 11) is 0. The van der Waals surface area contributed by atoms with Gasteiger partial charge in [-0.05, 0) is 11.6 Å². The van der Waals surface area contributed by atoms with E-state index in [9.17, 15) is 14.4 Å². The maximum atomic E-state index is 11.8. The first-order valence-electron chi connectivity index (χ1n) is 9.73. The molecule has 0 aliphatic carbocycles. The lowest BCUT2D eigenvalue weighted by atomic mass is 10.1. The van der Waals surface area contributed by atoms with Gasteiger partial charge in [0.2, 0.25) is 5.28 Å². The van der Waals surface area contributed by atoms with Crippen LogP contribution < -0.4 is 5.48 Å². The average molecular weight is 484 g/mol. The molecule has 3 rings (SSSR count). The molecule has 1 aliphatic heterocycles. The van der Waals surface area contributed by atoms with Crippen LogP contribution in [0.25, 0.3) is 11.2 Å². The number of rotatable bonds is 9. The third-order valence-electron chi connectivity index (χ3n) is 4.38. The zero-order chi connectivity index (χ0) is 24.1. The molecule has 1 fully saturated rings. The van der Waals surface area contributed by atoms with E-state index in [2.05, 4.69) is 27.0 Å². The molecule has 1 N–H and O–H groups in total. The highest BCUT2D eigenvalue weighted by Gasteiger charge is 2.51. The van der Waals surface area contributed by atoms with Gasteiger partial charge in [-0.15, -0.1) is 6.58 Å². The van der Waals surface area contributed by atoms with Gasteiger partial charge in [0.25, 0.3) is 0 Å². The average Bonchev–Trinajstić information content (AvgIpc) is 3.27. The van der Waals surface area contributed by atoms with E-state index in [0.29, 0.717) is 0 Å². The Hall–Kier alpha value is -3.29. The standard InChI is InChI=1S/C19H22ClN5O8/c1-5-6-30-24-16-13-17(23-19(20)22-16)25(8-21-13)18-15(32-11(4)28)14(31-10(3)27)12(33-18)7-29-9(2)26/h5,8,12,14-15,18H,1,6-7H2,2-4H3,(H,22,23,24)/t12-,14-,15-,18-/m1/s1. The van der Waals surface area contributed by atoms with Crippen molar-refractivity contribution in [3.63, 3.8) is 0 Å². The monoisotopic (exact) mass is 483 g/mol. The molecule has 0 aromatic carbocycles. The Kier molecular flexibility index (Phi) is 7.79. The van der Waals surface area contributed by atoms with E-state index in [0.717, 1.165) is 0 Å². The molecule has 0 amide bonds. The van der Waals surface area contributed by atoms with Crippen molar-refractivity contribution in [3.05, 3.63) is 24.3 Å². The number of carbonyl (C=O) groups excluding carboxylic acids is 3. The predicted molar refractivity (Wildman–Crippen MR) is 112 cm³/mol. The summed E-state index contributed by atoms with van der Waals surface area (Å²) >= 11 is 6.07. The van der Waals surface area contributed by atoms with Crippen molar-refractivity contribution >= 4 is 46.5 Å². The van der Waals surface area contributed by atoms with Crippen molar-refractivity contribution in [2.24, 2.45) is 0 Å². The molecule has 3 heterocycles. The number of anilines is 1. The summed E-state index contributed by atoms with van der Waals surface area (Å²) < 4.78 is 23.3. The lowest BCUT2D eigenvalue weighted by molar-refractivity contribution is -0.166. The van der Waals surface area contributed by atoms with E-state index in [1.807, 2.05) is 0 Å². The van der Waals surface area contributed by atoms with E-state index in [4.69, 9.17) is 35.4 Å². The van der Waals surface area contributed by atoms with E-state index in [1.54, 1.807) is 0 Å². The minimum atomic E-state index is -1.11. The summed E-state index contributed by atoms with van der Waals surface area (Å²) in [5.74, 6) is -1.66. The van der Waals surface area contributed by atoms with E-state index in [1.165, 1.54) is 37.7 Å². The lowest BCUT2D eigenvalue weighted by Gasteiger charge is -2.23. The molecule has 33 heavy (non-hydrogen) atoms. The van der Waals surface area contributed by atoms with Gasteiger partial charge in [-0.2, -0.15) is 9.97 Å². The Morgan fingerprint density at radius 1 is 1.18 bits per heavy atom. The van der Waals surface area contributed by atoms with Crippen LogP contribution in [0.2, 0.25) is 5.28 Å². The van der Waals surface area contributed by atoms with Crippen molar-refractivity contribution in [2.75, 3.05) is 18.7 Å². The minimum Gasteiger partial charge on any atom is -0.463 e. The van der Waals surface area contributed by atoms with E-state index in [-0.39, 0.29) is 35.5 Å². The van der Waals surface area contributed by atoms with Crippen LogP contribution in [0.5, 0.6) is 0 Å². The van der Waals surface area contributed by atoms with Gasteiger partial charge in [0.1, 0.15) is 12.7 Å². The predicted octanol–water partition coefficient (Wildman–Crippen LogP) is 1.33. The molecule has 178 valence electrons. The van der Waals surface area contributed by atoms with Crippen LogP contribution >= 0.6 is 11.6 Å². The first-order chi connectivity index (χ1) is 15.7. The Morgan fingerprint density at radius 3 is 2.52 bits per heavy atom. The third-order valence-corrected chi connectivity index (χ3v) is 4.55. The smallest absolute Gasteiger partial charge is 0.303 e. The normalized spacial score (nSPS) is 22.1. The van der Waals surface area contributed by atoms with E-state index < -0.39 is 42.4 Å². The second-order valence-electron chi connectivity index (χ2n) is 6.88. The molecule has 1 saturated heterocycles. The van der Waals surface area contributed by atoms with Gasteiger partial charge in [0.15, 0.2) is 35.4 Å². The van der Waals surface area contributed by atoms with Gasteiger partial charge < -0.3 is 18.9 Å². The summed E-state index contributed by atoms with van der Waals surface area (Å²) in [6.07, 6.45) is -1.26. The molecular weight excluding hydrogens is 462 g/mol. The molecule has 14 heteroatoms. The quantitative estimate of drug-likeness (QED) is 0.137. The van der Waals surface area contributed by atoms with Crippen molar-refractivity contribution < 1.29 is 38.2 Å². The number of esters is 3. The van der Waals surface area contributed by atoms with Crippen LogP contribution in [0.1, 0.15) is 27.0 Å². The molecule has 0 saturated carbocycles. The number of hydrogen-bond donors (Lipinski definition) is 1. The number of imidazole rings is 1. The van der Waals surface area contributed by atoms with Crippen molar-refractivity contribution in [2.45, 2.75) is 45.3 Å². The van der Waals surface area contributed by atoms with Crippen molar-refractivity contribution in [3.8, 4) is 0 Å². The topological polar surface area (TPSA) is 153 Å². The summed E-state index contributed by atoms with van der Waals surface area (Å²) in [6, 6.07) is 0. The summed E-state index contributed by atoms with van der Waals surface area (Å²) in [5.41, 5.74) is 3.12. The SMILES string of the molecule is C=CCONc1nc(Cl)nc2c1ncn2[C@@H]1O[C@H](COC(C)=O)[C@@H](OC(C)=O)[C@H]1OC(C)=O. The highest BCUT2D eigenvalue weighted by atomic mass is 35.5. The molecule has 1 aliphatic rings. The molecule has 0 bridgehead atoms. The first kappa shape index (κ1) is 24.4. The van der Waals surface area contributed by atoms with Crippen molar-refractivity contribution in [1.82, 2.24) is 19.5 Å². The van der Waals surface area contributed by atoms with E-state index >= 15 is 0 Å². The maximum absolute atomic E-state index is 11.8. The summed E-state index contributed by atoms with van der Waals surface area (Å²) in [4.78, 5) is 52.6. The Bertz CT molecular complexity index is 1060. The largest absolute Gasteiger partial charge is 0.463 e. The van der Waals surface area contributed by atoms with Gasteiger partial charge >= 0.3 is 17.9 Å². The molecule has 2 aromatic rings. The van der Waals surface area contributed by atoms with Crippen molar-refractivity contribution in [1.29, 1.82) is 0 Å². The van der Waals surface area contributed by atoms with Gasteiger partial charge in [-0.25, -0.2) is 10.5 Å². The van der Waals surface area contributed by atoms with Crippen LogP contribution in [-0.4, -0.2) is 69.0 Å². The number of nitrogens with one attached hydrogen (secondary N) is 1. The fraction of sp³-hybridized carbons (Fsp3) is 0.474. The first-order valence-corrected chi connectivity index (χ1v) is 10.1. The summed E-state index contributed by atoms with van der Waals surface area (Å²) in [5, 5.41) is -0.121. The van der Waals surface area contributed by atoms with Crippen LogP contribution in [0.4, 0.5) is 5.82 Å². The van der Waals surface area contributed by atoms with Gasteiger partial charge in [0.05, 0.1) is 12.9 Å². The zero-order valence-corrected chi connectivity index (χ0v) is 18.8. The van der Waals surface area contributed by atoms with Gasteiger partial charge in [-0.3, -0.25) is 23.8 Å². The number of hydrogen-bond acceptors (Lipinski definition) is 12. The second-order valence-corrected chi connectivity index (χ2v) is 7.22. The molecule has 0 unspecified atom stereocenters. The zero-order valence-electron chi connectivity index (χ0n) is 18.0. The van der Waals surface area contributed by atoms with Crippen LogP contribution in [0, 0.1) is 0 Å². The second kappa shape index (κ2) is 10.6. The maximum Gasteiger partial charge on any atom is 0.303 e. The molecule has 2 aromatic heterocycles. The lowest BCUT2D eigenvalue weighted by Crippen LogP contribution is -2.40. The molecule has 0 radical (unpaired) electrons. The number of aromatic nitrogens is 4. The fourth-order valence-electron chi connectivity index (χ4n) is 3.23. The fourth-order valence-corrected chi connectivity index (χ4v) is 3.40. The van der Waals surface area contributed by atoms with Crippen LogP contribution in [0.15, 0.2) is 19.0 Å². The molecule has 0 spiro atoms. The Balaban J connectivity index is 2.02. The number of ether oxygens (including phenoxy) is 4. The highest BCUT2D eigenvalue weighted by molar-refractivity contribution is 6.28. The van der Waals surface area contributed by atoms with Gasteiger partial charge in [0, 0.05) is 20.8 Å². The number of carbonyl (C=O) groups is 3. The number of fused-ring (bicyclic) bond motifs is 1. The minimum absolute atomic E-state index is 0.121. The van der Waals surface area contributed by atoms with Crippen LogP contribution in [-0.2, 0) is 38.2 Å². The highest BCUT2D eigenvalue weighted by Crippen LogP contribution is 2.36. The molecule has 13 nitrogen and oxygen atoms in total. The number of nitrogens with zero attached hydrogens (tertiary/aromatic N) is 4. The molecular formula is C19H22ClN5O8. The molecule has 4 atom stereocenters. The Morgan fingerprint density at radius 2 is 1.88 bits per heavy atom. The van der Waals surface area contributed by atoms with Gasteiger partial charge in [-0.1, -0.05) is 6.08 Å². The number of halogens is 1.